The number of amides is 1. The number of nitrogens with one attached hydrogen (secondary N) is 1. The number of nitrogens with zero attached hydrogens (tertiary/aromatic N) is 5. The molecule has 5 aromatic rings. The molecule has 0 aliphatic carbocycles. The summed E-state index contributed by atoms with van der Waals surface area (Å²) < 4.78 is 9.68. The average molecular weight is 445 g/mol. The quantitative estimate of drug-likeness (QED) is 0.430. The van der Waals surface area contributed by atoms with E-state index >= 15 is 0 Å². The summed E-state index contributed by atoms with van der Waals surface area (Å²) in [5, 5.41) is 12.6. The van der Waals surface area contributed by atoms with Crippen molar-refractivity contribution in [2.75, 3.05) is 12.4 Å². The van der Waals surface area contributed by atoms with E-state index in [9.17, 15) is 4.79 Å². The lowest BCUT2D eigenvalue weighted by atomic mass is 10.2. The third-order valence-electron chi connectivity index (χ3n) is 5.09. The molecule has 2 aromatic carbocycles. The van der Waals surface area contributed by atoms with Crippen LogP contribution in [0.2, 0.25) is 0 Å². The molecule has 0 unspecified atom stereocenters. The van der Waals surface area contributed by atoms with Gasteiger partial charge in [0.15, 0.2) is 0 Å². The summed E-state index contributed by atoms with van der Waals surface area (Å²) in [6.45, 7) is 3.75. The molecule has 160 valence electrons. The molecule has 0 saturated heterocycles. The number of ether oxygens (including phenoxy) is 1. The van der Waals surface area contributed by atoms with Crippen LogP contribution in [0.5, 0.6) is 5.75 Å². The highest BCUT2D eigenvalue weighted by atomic mass is 32.1. The Morgan fingerprint density at radius 3 is 2.66 bits per heavy atom. The summed E-state index contributed by atoms with van der Waals surface area (Å²) in [7, 11) is 1.63. The van der Waals surface area contributed by atoms with E-state index in [1.54, 1.807) is 22.7 Å². The van der Waals surface area contributed by atoms with E-state index < -0.39 is 0 Å². The molecule has 32 heavy (non-hydrogen) atoms. The monoisotopic (exact) mass is 444 g/mol. The van der Waals surface area contributed by atoms with Crippen LogP contribution in [0.3, 0.4) is 0 Å². The summed E-state index contributed by atoms with van der Waals surface area (Å²) in [6, 6.07) is 17.2. The fraction of sp³-hybridized carbons (Fsp3) is 0.130. The van der Waals surface area contributed by atoms with Crippen molar-refractivity contribution >= 4 is 33.3 Å². The molecule has 0 radical (unpaired) electrons. The number of para-hydroxylation sites is 1. The van der Waals surface area contributed by atoms with E-state index in [0.29, 0.717) is 16.5 Å². The zero-order chi connectivity index (χ0) is 22.2. The van der Waals surface area contributed by atoms with Crippen LogP contribution in [0, 0.1) is 13.8 Å². The summed E-state index contributed by atoms with van der Waals surface area (Å²) in [4.78, 5) is 17.8. The highest BCUT2D eigenvalue weighted by molar-refractivity contribution is 7.20. The highest BCUT2D eigenvalue weighted by Gasteiger charge is 2.19. The molecule has 5 rings (SSSR count). The van der Waals surface area contributed by atoms with Gasteiger partial charge in [0.1, 0.15) is 11.6 Å². The Morgan fingerprint density at radius 2 is 1.88 bits per heavy atom. The molecular weight excluding hydrogens is 424 g/mol. The van der Waals surface area contributed by atoms with Gasteiger partial charge in [-0.1, -0.05) is 29.5 Å². The number of hydrogen-bond donors (Lipinski definition) is 1. The predicted molar refractivity (Wildman–Crippen MR) is 124 cm³/mol. The van der Waals surface area contributed by atoms with Crippen molar-refractivity contribution in [3.63, 3.8) is 0 Å². The molecule has 9 heteroatoms. The Hall–Kier alpha value is -3.98. The molecule has 0 atom stereocenters. The summed E-state index contributed by atoms with van der Waals surface area (Å²) in [6.07, 6.45) is 1.58. The third-order valence-corrected chi connectivity index (χ3v) is 6.09. The largest absolute Gasteiger partial charge is 0.497 e. The van der Waals surface area contributed by atoms with E-state index in [1.165, 1.54) is 11.3 Å². The molecule has 0 aliphatic rings. The minimum absolute atomic E-state index is 0.256. The van der Waals surface area contributed by atoms with Gasteiger partial charge in [0.25, 0.3) is 5.91 Å². The number of thiazole rings is 1. The lowest BCUT2D eigenvalue weighted by Crippen LogP contribution is -2.16. The SMILES string of the molecule is COc1ccc2nc(-n3nc(C)cc3NC(=O)c3cnn(-c4ccccc4)c3C)sc2c1. The highest BCUT2D eigenvalue weighted by Crippen LogP contribution is 2.30. The average Bonchev–Trinajstić information content (AvgIpc) is 3.49. The molecule has 0 spiro atoms. The lowest BCUT2D eigenvalue weighted by Gasteiger charge is -2.07. The molecule has 8 nitrogen and oxygen atoms in total. The van der Waals surface area contributed by atoms with Crippen LogP contribution in [-0.4, -0.2) is 37.6 Å². The second-order valence-corrected chi connectivity index (χ2v) is 8.27. The first-order valence-electron chi connectivity index (χ1n) is 9.96. The first-order valence-corrected chi connectivity index (χ1v) is 10.8. The number of carbonyl (C=O) groups is 1. The number of methoxy groups -OCH3 is 1. The van der Waals surface area contributed by atoms with Gasteiger partial charge in [0.05, 0.1) is 46.2 Å². The summed E-state index contributed by atoms with van der Waals surface area (Å²) in [5.41, 5.74) is 3.76. The maximum absolute atomic E-state index is 13.1. The van der Waals surface area contributed by atoms with Crippen LogP contribution in [0.25, 0.3) is 21.0 Å². The first-order chi connectivity index (χ1) is 15.5. The standard InChI is InChI=1S/C23H20N6O2S/c1-14-11-21(29(27-14)23-25-19-10-9-17(31-3)12-20(19)32-23)26-22(30)18-13-24-28(15(18)2)16-7-5-4-6-8-16/h4-13H,1-3H3,(H,26,30). The Kier molecular flexibility index (Phi) is 4.95. The molecule has 0 bridgehead atoms. The Morgan fingerprint density at radius 1 is 1.06 bits per heavy atom. The van der Waals surface area contributed by atoms with Crippen LogP contribution in [0.15, 0.2) is 60.8 Å². The van der Waals surface area contributed by atoms with Gasteiger partial charge in [-0.05, 0) is 44.2 Å². The molecule has 1 N–H and O–H groups in total. The van der Waals surface area contributed by atoms with Crippen molar-refractivity contribution in [2.45, 2.75) is 13.8 Å². The van der Waals surface area contributed by atoms with Gasteiger partial charge in [-0.3, -0.25) is 4.79 Å². The number of hydrogen-bond acceptors (Lipinski definition) is 6. The summed E-state index contributed by atoms with van der Waals surface area (Å²) in [5.74, 6) is 1.06. The van der Waals surface area contributed by atoms with Gasteiger partial charge < -0.3 is 10.1 Å². The molecule has 3 aromatic heterocycles. The number of anilines is 1. The zero-order valence-electron chi connectivity index (χ0n) is 17.7. The molecule has 0 saturated carbocycles. The van der Waals surface area contributed by atoms with Crippen molar-refractivity contribution in [1.82, 2.24) is 24.5 Å². The Labute approximate surface area is 188 Å². The van der Waals surface area contributed by atoms with E-state index in [1.807, 2.05) is 68.4 Å². The van der Waals surface area contributed by atoms with Crippen molar-refractivity contribution in [2.24, 2.45) is 0 Å². The van der Waals surface area contributed by atoms with Gasteiger partial charge in [-0.2, -0.15) is 14.9 Å². The minimum atomic E-state index is -0.256. The van der Waals surface area contributed by atoms with Gasteiger partial charge >= 0.3 is 0 Å². The van der Waals surface area contributed by atoms with Gasteiger partial charge in [0, 0.05) is 6.07 Å². The first kappa shape index (κ1) is 20.0. The second kappa shape index (κ2) is 7.93. The predicted octanol–water partition coefficient (Wildman–Crippen LogP) is 4.55. The molecule has 0 aliphatic heterocycles. The smallest absolute Gasteiger partial charge is 0.260 e. The van der Waals surface area contributed by atoms with Crippen LogP contribution >= 0.6 is 11.3 Å². The maximum Gasteiger partial charge on any atom is 0.260 e. The molecule has 0 fully saturated rings. The van der Waals surface area contributed by atoms with Crippen LogP contribution < -0.4 is 10.1 Å². The molecule has 3 heterocycles. The Balaban J connectivity index is 1.46. The fourth-order valence-electron chi connectivity index (χ4n) is 3.49. The van der Waals surface area contributed by atoms with Gasteiger partial charge in [-0.25, -0.2) is 9.67 Å². The lowest BCUT2D eigenvalue weighted by molar-refractivity contribution is 0.102. The fourth-order valence-corrected chi connectivity index (χ4v) is 4.45. The molecule has 1 amide bonds. The number of fused-ring (bicyclic) bond motifs is 1. The zero-order valence-corrected chi connectivity index (χ0v) is 18.6. The number of aryl methyl sites for hydroxylation is 1. The van der Waals surface area contributed by atoms with Crippen molar-refractivity contribution < 1.29 is 9.53 Å². The van der Waals surface area contributed by atoms with Crippen molar-refractivity contribution in [3.8, 4) is 16.6 Å². The summed E-state index contributed by atoms with van der Waals surface area (Å²) >= 11 is 1.48. The number of carbonyl (C=O) groups excluding carboxylic acids is 1. The van der Waals surface area contributed by atoms with Crippen molar-refractivity contribution in [1.29, 1.82) is 0 Å². The van der Waals surface area contributed by atoms with E-state index in [-0.39, 0.29) is 5.91 Å². The topological polar surface area (TPSA) is 86.9 Å². The normalized spacial score (nSPS) is 11.1. The van der Waals surface area contributed by atoms with E-state index in [0.717, 1.165) is 33.0 Å². The van der Waals surface area contributed by atoms with E-state index in [4.69, 9.17) is 4.74 Å². The minimum Gasteiger partial charge on any atom is -0.497 e. The van der Waals surface area contributed by atoms with Crippen LogP contribution in [0.1, 0.15) is 21.7 Å². The second-order valence-electron chi connectivity index (χ2n) is 7.26. The number of benzene rings is 2. The van der Waals surface area contributed by atoms with E-state index in [2.05, 4.69) is 20.5 Å². The maximum atomic E-state index is 13.1. The van der Waals surface area contributed by atoms with Crippen molar-refractivity contribution in [3.05, 3.63) is 77.7 Å². The molecular formula is C23H20N6O2S. The van der Waals surface area contributed by atoms with Gasteiger partial charge in [0.2, 0.25) is 5.13 Å². The van der Waals surface area contributed by atoms with Crippen LogP contribution in [0.4, 0.5) is 5.82 Å². The number of aromatic nitrogens is 5. The van der Waals surface area contributed by atoms with Gasteiger partial charge in [-0.15, -0.1) is 0 Å². The van der Waals surface area contributed by atoms with Crippen LogP contribution in [-0.2, 0) is 0 Å². The third kappa shape index (κ3) is 3.52. The number of rotatable bonds is 5. The Bertz CT molecular complexity index is 1430.